The first-order valence-electron chi connectivity index (χ1n) is 7.03. The minimum Gasteiger partial charge on any atom is -0.493 e. The van der Waals surface area contributed by atoms with Crippen LogP contribution in [0.5, 0.6) is 11.5 Å². The fourth-order valence-corrected chi connectivity index (χ4v) is 2.49. The minimum atomic E-state index is -0.159. The molecule has 1 aliphatic heterocycles. The smallest absolute Gasteiger partial charge is 0.322 e. The molecule has 0 unspecified atom stereocenters. The molecule has 2 rings (SSSR count). The quantitative estimate of drug-likeness (QED) is 0.929. The number of urea groups is 1. The zero-order chi connectivity index (χ0) is 15.8. The number of amides is 2. The van der Waals surface area contributed by atoms with Crippen LogP contribution in [0.25, 0.3) is 0 Å². The van der Waals surface area contributed by atoms with Crippen LogP contribution < -0.4 is 14.8 Å². The molecular weight excluding hydrogens is 268 g/mol. The number of carbonyl (C=O) groups excluding carboxylic acids is 1. The minimum absolute atomic E-state index is 0.0912. The SMILES string of the molecule is COc1ccc(NC(=O)N2CC(C)(C)C2(C)C)cc1OC. The Morgan fingerprint density at radius 3 is 2.24 bits per heavy atom. The third-order valence-corrected chi connectivity index (χ3v) is 4.76. The van der Waals surface area contributed by atoms with Crippen molar-refractivity contribution in [2.45, 2.75) is 33.2 Å². The summed E-state index contributed by atoms with van der Waals surface area (Å²) in [6, 6.07) is 5.25. The van der Waals surface area contributed by atoms with Crippen LogP contribution in [0.1, 0.15) is 27.7 Å². The van der Waals surface area contributed by atoms with Crippen LogP contribution in [-0.2, 0) is 0 Å². The Labute approximate surface area is 126 Å². The number of benzene rings is 1. The van der Waals surface area contributed by atoms with Crippen LogP contribution in [0.4, 0.5) is 10.5 Å². The van der Waals surface area contributed by atoms with Crippen LogP contribution in [-0.4, -0.2) is 37.2 Å². The summed E-state index contributed by atoms with van der Waals surface area (Å²) in [5, 5.41) is 2.91. The van der Waals surface area contributed by atoms with E-state index in [1.165, 1.54) is 0 Å². The van der Waals surface area contributed by atoms with Gasteiger partial charge in [0.05, 0.1) is 14.2 Å². The molecule has 0 spiro atoms. The van der Waals surface area contributed by atoms with Crippen LogP contribution in [0.15, 0.2) is 18.2 Å². The molecule has 1 aromatic rings. The summed E-state index contributed by atoms with van der Waals surface area (Å²) in [5.41, 5.74) is 0.661. The van der Waals surface area contributed by atoms with Crippen molar-refractivity contribution in [3.05, 3.63) is 18.2 Å². The highest BCUT2D eigenvalue weighted by molar-refractivity contribution is 5.91. The van der Waals surface area contributed by atoms with Gasteiger partial charge in [0.15, 0.2) is 11.5 Å². The molecule has 1 aromatic carbocycles. The van der Waals surface area contributed by atoms with E-state index in [-0.39, 0.29) is 17.0 Å². The summed E-state index contributed by atoms with van der Waals surface area (Å²) in [5.74, 6) is 1.24. The van der Waals surface area contributed by atoms with Crippen molar-refractivity contribution in [2.24, 2.45) is 5.41 Å². The number of likely N-dealkylation sites (tertiary alicyclic amines) is 1. The Bertz CT molecular complexity index is 552. The highest BCUT2D eigenvalue weighted by Crippen LogP contribution is 2.46. The summed E-state index contributed by atoms with van der Waals surface area (Å²) < 4.78 is 10.4. The first kappa shape index (κ1) is 15.5. The van der Waals surface area contributed by atoms with Crippen LogP contribution in [0, 0.1) is 5.41 Å². The Hall–Kier alpha value is -1.91. The van der Waals surface area contributed by atoms with Crippen molar-refractivity contribution in [2.75, 3.05) is 26.1 Å². The maximum Gasteiger partial charge on any atom is 0.322 e. The predicted octanol–water partition coefficient (Wildman–Crippen LogP) is 3.36. The number of hydrogen-bond acceptors (Lipinski definition) is 3. The van der Waals surface area contributed by atoms with Gasteiger partial charge in [-0.25, -0.2) is 4.79 Å². The third kappa shape index (κ3) is 2.52. The molecule has 1 heterocycles. The summed E-state index contributed by atoms with van der Waals surface area (Å²) in [6.07, 6.45) is 0. The van der Waals surface area contributed by atoms with Crippen molar-refractivity contribution in [1.29, 1.82) is 0 Å². The van der Waals surface area contributed by atoms with E-state index < -0.39 is 0 Å². The number of anilines is 1. The lowest BCUT2D eigenvalue weighted by Gasteiger charge is -2.60. The first-order chi connectivity index (χ1) is 9.72. The van der Waals surface area contributed by atoms with Crippen LogP contribution >= 0.6 is 0 Å². The largest absolute Gasteiger partial charge is 0.493 e. The van der Waals surface area contributed by atoms with E-state index in [0.717, 1.165) is 6.54 Å². The van der Waals surface area contributed by atoms with Gasteiger partial charge in [0.2, 0.25) is 0 Å². The van der Waals surface area contributed by atoms with E-state index in [1.807, 2.05) is 4.90 Å². The number of methoxy groups -OCH3 is 2. The molecule has 0 aromatic heterocycles. The fraction of sp³-hybridized carbons (Fsp3) is 0.562. The van der Waals surface area contributed by atoms with Gasteiger partial charge in [0.1, 0.15) is 0 Å². The molecule has 2 amide bonds. The van der Waals surface area contributed by atoms with Gasteiger partial charge in [0, 0.05) is 29.3 Å². The Morgan fingerprint density at radius 1 is 1.14 bits per heavy atom. The average molecular weight is 292 g/mol. The summed E-state index contributed by atoms with van der Waals surface area (Å²) in [7, 11) is 3.16. The zero-order valence-electron chi connectivity index (χ0n) is 13.6. The normalized spacial score (nSPS) is 18.7. The number of ether oxygens (including phenoxy) is 2. The Kier molecular flexibility index (Phi) is 3.78. The lowest BCUT2D eigenvalue weighted by Crippen LogP contribution is -2.71. The Balaban J connectivity index is 2.11. The highest BCUT2D eigenvalue weighted by Gasteiger charge is 2.54. The van der Waals surface area contributed by atoms with E-state index in [9.17, 15) is 4.79 Å². The third-order valence-electron chi connectivity index (χ3n) is 4.76. The lowest BCUT2D eigenvalue weighted by molar-refractivity contribution is -0.0770. The first-order valence-corrected chi connectivity index (χ1v) is 7.03. The van der Waals surface area contributed by atoms with Crippen LogP contribution in [0.2, 0.25) is 0 Å². The standard InChI is InChI=1S/C16H24N2O3/c1-15(2)10-18(16(15,3)4)14(19)17-11-7-8-12(20-5)13(9-11)21-6/h7-9H,10H2,1-6H3,(H,17,19). The number of rotatable bonds is 3. The van der Waals surface area contributed by atoms with Crippen molar-refractivity contribution < 1.29 is 14.3 Å². The lowest BCUT2D eigenvalue weighted by atomic mass is 9.65. The molecule has 21 heavy (non-hydrogen) atoms. The molecule has 5 heteroatoms. The topological polar surface area (TPSA) is 50.8 Å². The molecule has 0 bridgehead atoms. The average Bonchev–Trinajstić information content (AvgIpc) is 2.44. The van der Waals surface area contributed by atoms with Crippen molar-refractivity contribution >= 4 is 11.7 Å². The van der Waals surface area contributed by atoms with Crippen molar-refractivity contribution in [3.63, 3.8) is 0 Å². The van der Waals surface area contributed by atoms with E-state index in [2.05, 4.69) is 33.0 Å². The molecule has 1 aliphatic rings. The van der Waals surface area contributed by atoms with Gasteiger partial charge >= 0.3 is 6.03 Å². The second-order valence-electron chi connectivity index (χ2n) is 6.53. The number of hydrogen-bond donors (Lipinski definition) is 1. The number of carbonyl (C=O) groups is 1. The monoisotopic (exact) mass is 292 g/mol. The summed E-state index contributed by atoms with van der Waals surface area (Å²) in [4.78, 5) is 14.2. The van der Waals surface area contributed by atoms with Gasteiger partial charge in [0.25, 0.3) is 0 Å². The van der Waals surface area contributed by atoms with E-state index in [4.69, 9.17) is 9.47 Å². The van der Waals surface area contributed by atoms with Crippen molar-refractivity contribution in [3.8, 4) is 11.5 Å². The van der Waals surface area contributed by atoms with Gasteiger partial charge in [-0.15, -0.1) is 0 Å². The van der Waals surface area contributed by atoms with E-state index in [1.54, 1.807) is 32.4 Å². The maximum atomic E-state index is 12.4. The number of nitrogens with zero attached hydrogens (tertiary/aromatic N) is 1. The second kappa shape index (κ2) is 5.13. The fourth-order valence-electron chi connectivity index (χ4n) is 2.49. The predicted molar refractivity (Wildman–Crippen MR) is 83.1 cm³/mol. The molecule has 1 saturated heterocycles. The van der Waals surface area contributed by atoms with Gasteiger partial charge < -0.3 is 19.7 Å². The van der Waals surface area contributed by atoms with E-state index in [0.29, 0.717) is 17.2 Å². The molecule has 5 nitrogen and oxygen atoms in total. The zero-order valence-corrected chi connectivity index (χ0v) is 13.6. The number of nitrogens with one attached hydrogen (secondary N) is 1. The molecule has 0 aliphatic carbocycles. The molecule has 0 radical (unpaired) electrons. The van der Waals surface area contributed by atoms with Crippen LogP contribution in [0.3, 0.4) is 0 Å². The molecule has 1 N–H and O–H groups in total. The maximum absolute atomic E-state index is 12.4. The molecule has 0 saturated carbocycles. The summed E-state index contributed by atoms with van der Waals surface area (Å²) >= 11 is 0. The van der Waals surface area contributed by atoms with Crippen molar-refractivity contribution in [1.82, 2.24) is 4.90 Å². The van der Waals surface area contributed by atoms with E-state index >= 15 is 0 Å². The van der Waals surface area contributed by atoms with Gasteiger partial charge in [-0.2, -0.15) is 0 Å². The molecular formula is C16H24N2O3. The van der Waals surface area contributed by atoms with Gasteiger partial charge in [-0.1, -0.05) is 13.8 Å². The van der Waals surface area contributed by atoms with Gasteiger partial charge in [-0.3, -0.25) is 0 Å². The highest BCUT2D eigenvalue weighted by atomic mass is 16.5. The van der Waals surface area contributed by atoms with Gasteiger partial charge in [-0.05, 0) is 26.0 Å². The summed E-state index contributed by atoms with van der Waals surface area (Å²) in [6.45, 7) is 9.27. The Morgan fingerprint density at radius 2 is 1.76 bits per heavy atom. The molecule has 0 atom stereocenters. The second-order valence-corrected chi connectivity index (χ2v) is 6.53. The molecule has 1 fully saturated rings. The molecule has 116 valence electrons.